The predicted molar refractivity (Wildman–Crippen MR) is 150 cm³/mol. The van der Waals surface area contributed by atoms with E-state index >= 15 is 0 Å². The number of benzene rings is 2. The van der Waals surface area contributed by atoms with Crippen LogP contribution >= 0.6 is 34.7 Å². The zero-order valence-electron chi connectivity index (χ0n) is 20.6. The molecule has 0 spiro atoms. The Balaban J connectivity index is 1.20. The fraction of sp³-hybridized carbons (Fsp3) is 0.259. The van der Waals surface area contributed by atoms with Gasteiger partial charge in [0.05, 0.1) is 11.3 Å². The van der Waals surface area contributed by atoms with Crippen LogP contribution in [-0.4, -0.2) is 27.8 Å². The summed E-state index contributed by atoms with van der Waals surface area (Å²) in [5.41, 5.74) is 3.20. The summed E-state index contributed by atoms with van der Waals surface area (Å²) in [5.74, 6) is 0.562. The molecular formula is C27H25ClN4O4S2. The van der Waals surface area contributed by atoms with Crippen LogP contribution in [0.15, 0.2) is 58.2 Å². The lowest BCUT2D eigenvalue weighted by atomic mass is 9.95. The molecule has 0 aliphatic heterocycles. The first-order chi connectivity index (χ1) is 18.5. The van der Waals surface area contributed by atoms with Crippen molar-refractivity contribution in [2.75, 3.05) is 16.4 Å². The molecule has 196 valence electrons. The fourth-order valence-corrected chi connectivity index (χ4v) is 6.28. The van der Waals surface area contributed by atoms with Gasteiger partial charge in [0, 0.05) is 15.6 Å². The normalized spacial score (nSPS) is 12.6. The third-order valence-electron chi connectivity index (χ3n) is 5.95. The number of nitrogens with one attached hydrogen (secondary N) is 2. The largest absolute Gasteiger partial charge is 0.484 e. The summed E-state index contributed by atoms with van der Waals surface area (Å²) < 4.78 is 11.3. The minimum atomic E-state index is -0.254. The van der Waals surface area contributed by atoms with E-state index in [0.29, 0.717) is 32.9 Å². The summed E-state index contributed by atoms with van der Waals surface area (Å²) in [4.78, 5) is 27.2. The predicted octanol–water partition coefficient (Wildman–Crippen LogP) is 6.53. The fourth-order valence-electron chi connectivity index (χ4n) is 4.17. The monoisotopic (exact) mass is 568 g/mol. The maximum atomic E-state index is 13.2. The highest BCUT2D eigenvalue weighted by atomic mass is 35.5. The van der Waals surface area contributed by atoms with Crippen LogP contribution < -0.4 is 15.4 Å². The lowest BCUT2D eigenvalue weighted by Crippen LogP contribution is -2.19. The molecule has 0 radical (unpaired) electrons. The number of thiophene rings is 1. The van der Waals surface area contributed by atoms with E-state index in [-0.39, 0.29) is 29.4 Å². The highest BCUT2D eigenvalue weighted by molar-refractivity contribution is 7.99. The minimum absolute atomic E-state index is 0.0566. The Morgan fingerprint density at radius 2 is 1.92 bits per heavy atom. The Bertz CT molecular complexity index is 1450. The lowest BCUT2D eigenvalue weighted by molar-refractivity contribution is -0.113. The molecule has 2 amide bonds. The maximum absolute atomic E-state index is 13.2. The van der Waals surface area contributed by atoms with E-state index < -0.39 is 0 Å². The molecule has 2 aromatic heterocycles. The number of carbonyl (C=O) groups excluding carboxylic acids is 2. The molecule has 0 atom stereocenters. The van der Waals surface area contributed by atoms with Gasteiger partial charge in [-0.05, 0) is 74.1 Å². The van der Waals surface area contributed by atoms with Crippen molar-refractivity contribution in [1.82, 2.24) is 10.2 Å². The van der Waals surface area contributed by atoms with Gasteiger partial charge in [-0.2, -0.15) is 0 Å². The van der Waals surface area contributed by atoms with Crippen molar-refractivity contribution in [3.05, 3.63) is 81.0 Å². The maximum Gasteiger partial charge on any atom is 0.277 e. The second-order valence-electron chi connectivity index (χ2n) is 8.73. The van der Waals surface area contributed by atoms with Gasteiger partial charge in [0.25, 0.3) is 17.0 Å². The van der Waals surface area contributed by atoms with E-state index in [9.17, 15) is 9.59 Å². The number of hydrogen-bond donors (Lipinski definition) is 2. The number of aromatic nitrogens is 2. The Labute approximate surface area is 233 Å². The minimum Gasteiger partial charge on any atom is -0.484 e. The third-order valence-corrected chi connectivity index (χ3v) is 8.21. The zero-order chi connectivity index (χ0) is 26.5. The lowest BCUT2D eigenvalue weighted by Gasteiger charge is -2.13. The summed E-state index contributed by atoms with van der Waals surface area (Å²) >= 11 is 8.59. The first-order valence-corrected chi connectivity index (χ1v) is 14.3. The summed E-state index contributed by atoms with van der Waals surface area (Å²) in [6.45, 7) is 2.00. The van der Waals surface area contributed by atoms with Gasteiger partial charge in [0.1, 0.15) is 10.8 Å². The SMILES string of the molecule is Cc1cc(Cl)ccc1OCc1nnc(SCC(=O)Nc2sc3c(c2C(=O)Nc2ccccc2)CCCC3)o1. The van der Waals surface area contributed by atoms with Crippen molar-refractivity contribution in [2.24, 2.45) is 0 Å². The molecule has 0 saturated carbocycles. The van der Waals surface area contributed by atoms with Gasteiger partial charge in [0.15, 0.2) is 6.61 Å². The number of fused-ring (bicyclic) bond motifs is 1. The average molecular weight is 569 g/mol. The molecule has 0 saturated heterocycles. The number of aryl methyl sites for hydroxylation is 2. The van der Waals surface area contributed by atoms with Crippen LogP contribution in [0.3, 0.4) is 0 Å². The van der Waals surface area contributed by atoms with Gasteiger partial charge in [0.2, 0.25) is 5.91 Å². The number of hydrogen-bond acceptors (Lipinski definition) is 8. The summed E-state index contributed by atoms with van der Waals surface area (Å²) in [7, 11) is 0. The smallest absolute Gasteiger partial charge is 0.277 e. The van der Waals surface area contributed by atoms with Crippen LogP contribution in [0, 0.1) is 6.92 Å². The van der Waals surface area contributed by atoms with E-state index in [1.165, 1.54) is 11.3 Å². The van der Waals surface area contributed by atoms with E-state index in [4.69, 9.17) is 20.8 Å². The standard InChI is InChI=1S/C27H25ClN4O4S2/c1-16-13-17(28)11-12-20(16)35-14-23-31-32-27(36-23)37-15-22(33)30-26-24(19-9-5-6-10-21(19)38-26)25(34)29-18-7-3-2-4-8-18/h2-4,7-8,11-13H,5-6,9-10,14-15H2,1H3,(H,29,34)(H,30,33). The number of nitrogens with zero attached hydrogens (tertiary/aromatic N) is 2. The number of carbonyl (C=O) groups is 2. The number of amides is 2. The first-order valence-electron chi connectivity index (χ1n) is 12.1. The molecule has 1 aliphatic rings. The number of thioether (sulfide) groups is 1. The van der Waals surface area contributed by atoms with Crippen molar-refractivity contribution < 1.29 is 18.7 Å². The number of rotatable bonds is 9. The van der Waals surface area contributed by atoms with Crippen LogP contribution in [0.5, 0.6) is 5.75 Å². The number of ether oxygens (including phenoxy) is 1. The molecule has 1 aliphatic carbocycles. The second-order valence-corrected chi connectivity index (χ2v) is 11.2. The van der Waals surface area contributed by atoms with Gasteiger partial charge in [-0.25, -0.2) is 0 Å². The molecule has 4 aromatic rings. The Hall–Kier alpha value is -3.34. The molecule has 8 nitrogen and oxygen atoms in total. The molecule has 0 bridgehead atoms. The molecule has 11 heteroatoms. The summed E-state index contributed by atoms with van der Waals surface area (Å²) in [5, 5.41) is 15.4. The molecule has 0 fully saturated rings. The van der Waals surface area contributed by atoms with E-state index in [0.717, 1.165) is 53.4 Å². The van der Waals surface area contributed by atoms with Gasteiger partial charge >= 0.3 is 0 Å². The van der Waals surface area contributed by atoms with Crippen molar-refractivity contribution in [3.63, 3.8) is 0 Å². The van der Waals surface area contributed by atoms with Crippen LogP contribution in [0.25, 0.3) is 0 Å². The van der Waals surface area contributed by atoms with Crippen molar-refractivity contribution >= 4 is 57.2 Å². The zero-order valence-corrected chi connectivity index (χ0v) is 23.0. The van der Waals surface area contributed by atoms with Gasteiger partial charge in [-0.3, -0.25) is 9.59 Å². The van der Waals surface area contributed by atoms with E-state index in [1.807, 2.05) is 43.3 Å². The number of anilines is 2. The van der Waals surface area contributed by atoms with Crippen molar-refractivity contribution in [3.8, 4) is 5.75 Å². The van der Waals surface area contributed by atoms with Crippen molar-refractivity contribution in [2.45, 2.75) is 44.4 Å². The number of halogens is 1. The Morgan fingerprint density at radius 1 is 1.11 bits per heavy atom. The Morgan fingerprint density at radius 3 is 2.74 bits per heavy atom. The van der Waals surface area contributed by atoms with Crippen LogP contribution in [0.1, 0.15) is 45.1 Å². The highest BCUT2D eigenvalue weighted by Gasteiger charge is 2.26. The van der Waals surface area contributed by atoms with Gasteiger partial charge in [-0.1, -0.05) is 41.6 Å². The van der Waals surface area contributed by atoms with Crippen LogP contribution in [0.4, 0.5) is 10.7 Å². The second kappa shape index (κ2) is 12.0. The molecule has 38 heavy (non-hydrogen) atoms. The quantitative estimate of drug-likeness (QED) is 0.221. The molecule has 0 unspecified atom stereocenters. The molecule has 2 aromatic carbocycles. The van der Waals surface area contributed by atoms with Crippen molar-refractivity contribution in [1.29, 1.82) is 0 Å². The van der Waals surface area contributed by atoms with Crippen LogP contribution in [0.2, 0.25) is 5.02 Å². The Kier molecular flexibility index (Phi) is 8.31. The van der Waals surface area contributed by atoms with Gasteiger partial charge < -0.3 is 19.8 Å². The summed E-state index contributed by atoms with van der Waals surface area (Å²) in [6.07, 6.45) is 3.85. The topological polar surface area (TPSA) is 106 Å². The van der Waals surface area contributed by atoms with Crippen LogP contribution in [-0.2, 0) is 24.2 Å². The molecule has 2 N–H and O–H groups in total. The number of para-hydroxylation sites is 1. The average Bonchev–Trinajstić information content (AvgIpc) is 3.51. The van der Waals surface area contributed by atoms with Gasteiger partial charge in [-0.15, -0.1) is 21.5 Å². The highest BCUT2D eigenvalue weighted by Crippen LogP contribution is 2.38. The molecule has 5 rings (SSSR count). The third kappa shape index (κ3) is 6.38. The molecular weight excluding hydrogens is 544 g/mol. The van der Waals surface area contributed by atoms with E-state index in [2.05, 4.69) is 20.8 Å². The molecule has 2 heterocycles. The summed E-state index contributed by atoms with van der Waals surface area (Å²) in [6, 6.07) is 14.6. The van der Waals surface area contributed by atoms with E-state index in [1.54, 1.807) is 12.1 Å². The first kappa shape index (κ1) is 26.3.